The monoisotopic (exact) mass is 277 g/mol. The molecule has 1 atom stereocenters. The van der Waals surface area contributed by atoms with Crippen LogP contribution in [0.5, 0.6) is 5.75 Å². The molecule has 0 aromatic heterocycles. The smallest absolute Gasteiger partial charge is 0.119 e. The number of benzene rings is 1. The molecule has 1 unspecified atom stereocenters. The molecule has 0 saturated carbocycles. The highest BCUT2D eigenvalue weighted by Crippen LogP contribution is 2.32. The minimum absolute atomic E-state index is 0.323. The molecule has 2 rings (SSSR count). The summed E-state index contributed by atoms with van der Waals surface area (Å²) in [5, 5.41) is 13.3. The number of rotatable bonds is 6. The minimum atomic E-state index is -0.791. The third-order valence-corrected chi connectivity index (χ3v) is 3.66. The van der Waals surface area contributed by atoms with Gasteiger partial charge < -0.3 is 15.2 Å². The Morgan fingerprint density at radius 1 is 1.40 bits per heavy atom. The van der Waals surface area contributed by atoms with Crippen molar-refractivity contribution < 1.29 is 9.84 Å². The fourth-order valence-corrected chi connectivity index (χ4v) is 2.67. The summed E-state index contributed by atoms with van der Waals surface area (Å²) in [7, 11) is 0. The maximum Gasteiger partial charge on any atom is 0.119 e. The Kier molecular flexibility index (Phi) is 5.06. The van der Waals surface area contributed by atoms with E-state index in [1.165, 1.54) is 30.4 Å². The van der Waals surface area contributed by atoms with Crippen LogP contribution in [0.1, 0.15) is 57.2 Å². The molecule has 3 heteroatoms. The second kappa shape index (κ2) is 6.59. The molecule has 0 bridgehead atoms. The summed E-state index contributed by atoms with van der Waals surface area (Å²) >= 11 is 0. The number of aliphatic hydroxyl groups is 1. The lowest BCUT2D eigenvalue weighted by molar-refractivity contribution is 0.0284. The molecule has 1 aliphatic rings. The van der Waals surface area contributed by atoms with Crippen molar-refractivity contribution >= 4 is 0 Å². The zero-order valence-electron chi connectivity index (χ0n) is 12.9. The Balaban J connectivity index is 2.07. The average molecular weight is 277 g/mol. The van der Waals surface area contributed by atoms with E-state index in [0.29, 0.717) is 12.6 Å². The normalized spacial score (nSPS) is 18.7. The van der Waals surface area contributed by atoms with Crippen molar-refractivity contribution in [2.45, 2.75) is 58.1 Å². The standard InChI is InChI=1S/C17H27NO2/c1-4-10-18-16-7-5-6-13-11-14(8-9-15(13)16)20-12-17(2,3)19/h8-9,11,16,18-19H,4-7,10,12H2,1-3H3. The summed E-state index contributed by atoms with van der Waals surface area (Å²) in [5.41, 5.74) is 2.01. The first-order chi connectivity index (χ1) is 9.49. The summed E-state index contributed by atoms with van der Waals surface area (Å²) in [6, 6.07) is 6.83. The van der Waals surface area contributed by atoms with E-state index in [4.69, 9.17) is 4.74 Å². The number of ether oxygens (including phenoxy) is 1. The molecule has 0 radical (unpaired) electrons. The number of hydrogen-bond donors (Lipinski definition) is 2. The number of nitrogens with one attached hydrogen (secondary N) is 1. The minimum Gasteiger partial charge on any atom is -0.491 e. The van der Waals surface area contributed by atoms with Gasteiger partial charge in [0, 0.05) is 6.04 Å². The zero-order chi connectivity index (χ0) is 14.6. The average Bonchev–Trinajstić information content (AvgIpc) is 2.41. The van der Waals surface area contributed by atoms with Crippen LogP contribution in [0, 0.1) is 0 Å². The second-order valence-electron chi connectivity index (χ2n) is 6.36. The molecular formula is C17H27NO2. The molecule has 0 fully saturated rings. The van der Waals surface area contributed by atoms with E-state index in [2.05, 4.69) is 24.4 Å². The topological polar surface area (TPSA) is 41.5 Å². The summed E-state index contributed by atoms with van der Waals surface area (Å²) in [5.74, 6) is 0.863. The number of aryl methyl sites for hydroxylation is 1. The van der Waals surface area contributed by atoms with E-state index in [1.807, 2.05) is 6.07 Å². The molecule has 3 nitrogen and oxygen atoms in total. The fraction of sp³-hybridized carbons (Fsp3) is 0.647. The summed E-state index contributed by atoms with van der Waals surface area (Å²) in [4.78, 5) is 0. The molecule has 2 N–H and O–H groups in total. The van der Waals surface area contributed by atoms with Gasteiger partial charge in [0.15, 0.2) is 0 Å². The quantitative estimate of drug-likeness (QED) is 0.839. The van der Waals surface area contributed by atoms with Crippen molar-refractivity contribution in [1.29, 1.82) is 0 Å². The van der Waals surface area contributed by atoms with Gasteiger partial charge in [-0.05, 0) is 69.3 Å². The van der Waals surface area contributed by atoms with E-state index in [0.717, 1.165) is 18.7 Å². The van der Waals surface area contributed by atoms with Crippen molar-refractivity contribution in [2.75, 3.05) is 13.2 Å². The molecule has 1 aromatic carbocycles. The molecule has 0 spiro atoms. The van der Waals surface area contributed by atoms with Crippen molar-refractivity contribution in [1.82, 2.24) is 5.32 Å². The Morgan fingerprint density at radius 3 is 2.90 bits per heavy atom. The van der Waals surface area contributed by atoms with Crippen molar-refractivity contribution in [3.63, 3.8) is 0 Å². The largest absolute Gasteiger partial charge is 0.491 e. The molecule has 0 aliphatic heterocycles. The lowest BCUT2D eigenvalue weighted by Gasteiger charge is -2.27. The third-order valence-electron chi connectivity index (χ3n) is 3.66. The van der Waals surface area contributed by atoms with Crippen LogP contribution in [0.25, 0.3) is 0 Å². The maximum absolute atomic E-state index is 9.72. The highest BCUT2D eigenvalue weighted by atomic mass is 16.5. The summed E-state index contributed by atoms with van der Waals surface area (Å²) in [6.45, 7) is 7.11. The zero-order valence-corrected chi connectivity index (χ0v) is 12.9. The van der Waals surface area contributed by atoms with Crippen LogP contribution < -0.4 is 10.1 Å². The van der Waals surface area contributed by atoms with Crippen LogP contribution in [-0.2, 0) is 6.42 Å². The van der Waals surface area contributed by atoms with Crippen molar-refractivity contribution in [3.8, 4) is 5.75 Å². The van der Waals surface area contributed by atoms with Crippen LogP contribution in [0.4, 0.5) is 0 Å². The highest BCUT2D eigenvalue weighted by molar-refractivity contribution is 5.39. The van der Waals surface area contributed by atoms with Crippen LogP contribution in [0.2, 0.25) is 0 Å². The van der Waals surface area contributed by atoms with Gasteiger partial charge in [-0.15, -0.1) is 0 Å². The van der Waals surface area contributed by atoms with Gasteiger partial charge in [0.25, 0.3) is 0 Å². The van der Waals surface area contributed by atoms with E-state index in [1.54, 1.807) is 13.8 Å². The summed E-state index contributed by atoms with van der Waals surface area (Å²) < 4.78 is 5.68. The van der Waals surface area contributed by atoms with Gasteiger partial charge >= 0.3 is 0 Å². The van der Waals surface area contributed by atoms with Crippen molar-refractivity contribution in [2.24, 2.45) is 0 Å². The first-order valence-corrected chi connectivity index (χ1v) is 7.71. The molecule has 0 amide bonds. The Labute approximate surface area is 122 Å². The number of fused-ring (bicyclic) bond motifs is 1. The van der Waals surface area contributed by atoms with Crippen LogP contribution in [0.3, 0.4) is 0 Å². The molecule has 20 heavy (non-hydrogen) atoms. The first kappa shape index (κ1) is 15.3. The van der Waals surface area contributed by atoms with Gasteiger partial charge in [-0.25, -0.2) is 0 Å². The van der Waals surface area contributed by atoms with Gasteiger partial charge in [0.2, 0.25) is 0 Å². The SMILES string of the molecule is CCCNC1CCCc2cc(OCC(C)(C)O)ccc21. The Bertz CT molecular complexity index is 437. The summed E-state index contributed by atoms with van der Waals surface area (Å²) in [6.07, 6.45) is 4.73. The van der Waals surface area contributed by atoms with Gasteiger partial charge in [-0.3, -0.25) is 0 Å². The maximum atomic E-state index is 9.72. The molecule has 0 saturated heterocycles. The van der Waals surface area contributed by atoms with Crippen LogP contribution in [-0.4, -0.2) is 23.9 Å². The van der Waals surface area contributed by atoms with E-state index < -0.39 is 5.60 Å². The highest BCUT2D eigenvalue weighted by Gasteiger charge is 2.20. The molecule has 0 heterocycles. The molecule has 1 aliphatic carbocycles. The van der Waals surface area contributed by atoms with Gasteiger partial charge in [0.05, 0.1) is 5.60 Å². The predicted molar refractivity (Wildman–Crippen MR) is 82.2 cm³/mol. The van der Waals surface area contributed by atoms with Gasteiger partial charge in [-0.1, -0.05) is 13.0 Å². The predicted octanol–water partition coefficient (Wildman–Crippen LogP) is 3.21. The van der Waals surface area contributed by atoms with E-state index in [9.17, 15) is 5.11 Å². The fourth-order valence-electron chi connectivity index (χ4n) is 2.67. The molecule has 112 valence electrons. The van der Waals surface area contributed by atoms with E-state index >= 15 is 0 Å². The van der Waals surface area contributed by atoms with Crippen LogP contribution >= 0.6 is 0 Å². The van der Waals surface area contributed by atoms with Gasteiger partial charge in [-0.2, -0.15) is 0 Å². The first-order valence-electron chi connectivity index (χ1n) is 7.71. The number of hydrogen-bond acceptors (Lipinski definition) is 3. The second-order valence-corrected chi connectivity index (χ2v) is 6.36. The van der Waals surface area contributed by atoms with Crippen molar-refractivity contribution in [3.05, 3.63) is 29.3 Å². The Morgan fingerprint density at radius 2 is 2.20 bits per heavy atom. The molecule has 1 aromatic rings. The third kappa shape index (κ3) is 4.22. The van der Waals surface area contributed by atoms with E-state index in [-0.39, 0.29) is 0 Å². The lowest BCUT2D eigenvalue weighted by Crippen LogP contribution is -2.28. The van der Waals surface area contributed by atoms with Gasteiger partial charge in [0.1, 0.15) is 12.4 Å². The van der Waals surface area contributed by atoms with Crippen LogP contribution in [0.15, 0.2) is 18.2 Å². The lowest BCUT2D eigenvalue weighted by atomic mass is 9.87. The molecular weight excluding hydrogens is 250 g/mol. The Hall–Kier alpha value is -1.06.